The van der Waals surface area contributed by atoms with Gasteiger partial charge in [0.05, 0.1) is 5.60 Å². The normalized spacial score (nSPS) is 15.3. The Morgan fingerprint density at radius 3 is 2.38 bits per heavy atom. The number of aliphatic hydroxyl groups is 1. The lowest BCUT2D eigenvalue weighted by atomic mass is 9.95. The van der Waals surface area contributed by atoms with Gasteiger partial charge in [0.25, 0.3) is 0 Å². The molecule has 13 heavy (non-hydrogen) atoms. The SMILES string of the molecule is CCC(C)(O)CCc1ccccc1. The van der Waals surface area contributed by atoms with E-state index >= 15 is 0 Å². The zero-order valence-corrected chi connectivity index (χ0v) is 8.46. The summed E-state index contributed by atoms with van der Waals surface area (Å²) in [6.07, 6.45) is 2.62. The minimum absolute atomic E-state index is 0.504. The van der Waals surface area contributed by atoms with Gasteiger partial charge in [-0.1, -0.05) is 37.3 Å². The Morgan fingerprint density at radius 2 is 1.85 bits per heavy atom. The molecule has 0 aromatic heterocycles. The van der Waals surface area contributed by atoms with Gasteiger partial charge in [0.1, 0.15) is 0 Å². The second kappa shape index (κ2) is 4.43. The molecule has 1 aromatic rings. The van der Waals surface area contributed by atoms with Crippen molar-refractivity contribution in [1.29, 1.82) is 0 Å². The molecule has 0 amide bonds. The first-order valence-corrected chi connectivity index (χ1v) is 4.90. The van der Waals surface area contributed by atoms with Crippen molar-refractivity contribution in [1.82, 2.24) is 0 Å². The van der Waals surface area contributed by atoms with Gasteiger partial charge in [0, 0.05) is 0 Å². The molecule has 0 aliphatic rings. The summed E-state index contributed by atoms with van der Waals surface area (Å²) in [5.74, 6) is 0. The van der Waals surface area contributed by atoms with E-state index in [0.29, 0.717) is 0 Å². The van der Waals surface area contributed by atoms with Crippen molar-refractivity contribution in [3.05, 3.63) is 35.9 Å². The highest BCUT2D eigenvalue weighted by Gasteiger charge is 2.16. The average molecular weight is 178 g/mol. The number of aryl methyl sites for hydroxylation is 1. The second-order valence-electron chi connectivity index (χ2n) is 3.84. The summed E-state index contributed by atoms with van der Waals surface area (Å²) in [4.78, 5) is 0. The second-order valence-corrected chi connectivity index (χ2v) is 3.84. The van der Waals surface area contributed by atoms with Gasteiger partial charge in [-0.2, -0.15) is 0 Å². The van der Waals surface area contributed by atoms with Crippen LogP contribution in [0.2, 0.25) is 0 Å². The highest BCUT2D eigenvalue weighted by Crippen LogP contribution is 2.16. The zero-order valence-electron chi connectivity index (χ0n) is 8.46. The van der Waals surface area contributed by atoms with Crippen LogP contribution in [0.25, 0.3) is 0 Å². The molecule has 1 rings (SSSR count). The number of hydrogen-bond donors (Lipinski definition) is 1. The third kappa shape index (κ3) is 3.60. The van der Waals surface area contributed by atoms with Crippen LogP contribution in [-0.4, -0.2) is 10.7 Å². The molecule has 0 aliphatic carbocycles. The van der Waals surface area contributed by atoms with Crippen LogP contribution in [0.1, 0.15) is 32.3 Å². The average Bonchev–Trinajstić information content (AvgIpc) is 2.17. The molecule has 0 saturated carbocycles. The number of rotatable bonds is 4. The minimum Gasteiger partial charge on any atom is -0.390 e. The van der Waals surface area contributed by atoms with E-state index in [1.54, 1.807) is 0 Å². The fourth-order valence-corrected chi connectivity index (χ4v) is 1.24. The zero-order chi connectivity index (χ0) is 9.73. The van der Waals surface area contributed by atoms with Gasteiger partial charge in [0.2, 0.25) is 0 Å². The molecular formula is C12H18O. The molecule has 0 heterocycles. The van der Waals surface area contributed by atoms with Crippen molar-refractivity contribution < 1.29 is 5.11 Å². The van der Waals surface area contributed by atoms with Crippen molar-refractivity contribution >= 4 is 0 Å². The summed E-state index contributed by atoms with van der Waals surface area (Å²) in [7, 11) is 0. The van der Waals surface area contributed by atoms with Gasteiger partial charge in [-0.05, 0) is 31.7 Å². The van der Waals surface area contributed by atoms with Crippen LogP contribution in [0.15, 0.2) is 30.3 Å². The van der Waals surface area contributed by atoms with Crippen LogP contribution >= 0.6 is 0 Å². The molecule has 1 unspecified atom stereocenters. The molecule has 1 aromatic carbocycles. The molecular weight excluding hydrogens is 160 g/mol. The smallest absolute Gasteiger partial charge is 0.0620 e. The predicted molar refractivity (Wildman–Crippen MR) is 55.7 cm³/mol. The molecule has 1 atom stereocenters. The first-order valence-electron chi connectivity index (χ1n) is 4.90. The van der Waals surface area contributed by atoms with E-state index in [1.165, 1.54) is 5.56 Å². The summed E-state index contributed by atoms with van der Waals surface area (Å²) < 4.78 is 0. The van der Waals surface area contributed by atoms with Crippen molar-refractivity contribution in [3.63, 3.8) is 0 Å². The summed E-state index contributed by atoms with van der Waals surface area (Å²) >= 11 is 0. The molecule has 0 fully saturated rings. The fraction of sp³-hybridized carbons (Fsp3) is 0.500. The van der Waals surface area contributed by atoms with Crippen LogP contribution in [0.5, 0.6) is 0 Å². The van der Waals surface area contributed by atoms with Crippen LogP contribution in [-0.2, 0) is 6.42 Å². The monoisotopic (exact) mass is 178 g/mol. The Bertz CT molecular complexity index is 239. The summed E-state index contributed by atoms with van der Waals surface area (Å²) in [5, 5.41) is 9.78. The lowest BCUT2D eigenvalue weighted by molar-refractivity contribution is 0.0473. The molecule has 0 bridgehead atoms. The summed E-state index contributed by atoms with van der Waals surface area (Å²) in [6.45, 7) is 3.92. The lowest BCUT2D eigenvalue weighted by Crippen LogP contribution is -2.23. The lowest BCUT2D eigenvalue weighted by Gasteiger charge is -2.20. The van der Waals surface area contributed by atoms with E-state index in [9.17, 15) is 5.11 Å². The van der Waals surface area contributed by atoms with E-state index in [0.717, 1.165) is 19.3 Å². The summed E-state index contributed by atoms with van der Waals surface area (Å²) in [6, 6.07) is 10.3. The minimum atomic E-state index is -0.504. The first kappa shape index (κ1) is 10.3. The maximum Gasteiger partial charge on any atom is 0.0620 e. The van der Waals surface area contributed by atoms with Gasteiger partial charge in [-0.25, -0.2) is 0 Å². The van der Waals surface area contributed by atoms with E-state index in [-0.39, 0.29) is 0 Å². The maximum absolute atomic E-state index is 9.78. The largest absolute Gasteiger partial charge is 0.390 e. The van der Waals surface area contributed by atoms with Crippen molar-refractivity contribution in [2.75, 3.05) is 0 Å². The van der Waals surface area contributed by atoms with Crippen LogP contribution in [0, 0.1) is 0 Å². The van der Waals surface area contributed by atoms with Gasteiger partial charge < -0.3 is 5.11 Å². The number of benzene rings is 1. The first-order chi connectivity index (χ1) is 6.14. The van der Waals surface area contributed by atoms with Crippen molar-refractivity contribution in [3.8, 4) is 0 Å². The maximum atomic E-state index is 9.78. The Balaban J connectivity index is 2.44. The van der Waals surface area contributed by atoms with E-state index in [4.69, 9.17) is 0 Å². The highest BCUT2D eigenvalue weighted by molar-refractivity contribution is 5.14. The molecule has 1 nitrogen and oxygen atoms in total. The van der Waals surface area contributed by atoms with Crippen molar-refractivity contribution in [2.24, 2.45) is 0 Å². The van der Waals surface area contributed by atoms with Crippen LogP contribution in [0.3, 0.4) is 0 Å². The predicted octanol–water partition coefficient (Wildman–Crippen LogP) is 2.78. The Morgan fingerprint density at radius 1 is 1.23 bits per heavy atom. The standard InChI is InChI=1S/C12H18O/c1-3-12(2,13)10-9-11-7-5-4-6-8-11/h4-8,13H,3,9-10H2,1-2H3. The molecule has 0 spiro atoms. The molecule has 72 valence electrons. The van der Waals surface area contributed by atoms with Gasteiger partial charge in [-0.3, -0.25) is 0 Å². The van der Waals surface area contributed by atoms with Gasteiger partial charge in [-0.15, -0.1) is 0 Å². The van der Waals surface area contributed by atoms with Gasteiger partial charge in [0.15, 0.2) is 0 Å². The summed E-state index contributed by atoms with van der Waals surface area (Å²) in [5.41, 5.74) is 0.798. The molecule has 0 saturated heterocycles. The Hall–Kier alpha value is -0.820. The molecule has 1 heteroatoms. The quantitative estimate of drug-likeness (QED) is 0.751. The third-order valence-corrected chi connectivity index (χ3v) is 2.56. The molecule has 1 N–H and O–H groups in total. The number of hydrogen-bond acceptors (Lipinski definition) is 1. The van der Waals surface area contributed by atoms with E-state index in [2.05, 4.69) is 12.1 Å². The van der Waals surface area contributed by atoms with E-state index < -0.39 is 5.60 Å². The third-order valence-electron chi connectivity index (χ3n) is 2.56. The Kier molecular flexibility index (Phi) is 3.49. The van der Waals surface area contributed by atoms with E-state index in [1.807, 2.05) is 32.0 Å². The van der Waals surface area contributed by atoms with Crippen LogP contribution in [0.4, 0.5) is 0 Å². The molecule has 0 radical (unpaired) electrons. The fourth-order valence-electron chi connectivity index (χ4n) is 1.24. The highest BCUT2D eigenvalue weighted by atomic mass is 16.3. The van der Waals surface area contributed by atoms with Crippen molar-refractivity contribution in [2.45, 2.75) is 38.7 Å². The van der Waals surface area contributed by atoms with Crippen LogP contribution < -0.4 is 0 Å². The molecule has 0 aliphatic heterocycles. The topological polar surface area (TPSA) is 20.2 Å². The Labute approximate surface area is 80.4 Å². The van der Waals surface area contributed by atoms with Gasteiger partial charge >= 0.3 is 0 Å².